The fraction of sp³-hybridized carbons (Fsp3) is 0.438. The highest BCUT2D eigenvalue weighted by molar-refractivity contribution is 5.57. The van der Waals surface area contributed by atoms with Crippen LogP contribution in [0.5, 0.6) is 0 Å². The van der Waals surface area contributed by atoms with Gasteiger partial charge in [0.25, 0.3) is 0 Å². The highest BCUT2D eigenvalue weighted by Crippen LogP contribution is 2.21. The molecule has 1 atom stereocenters. The second-order valence-electron chi connectivity index (χ2n) is 5.36. The Morgan fingerprint density at radius 2 is 2.42 bits per heavy atom. The van der Waals surface area contributed by atoms with Crippen LogP contribution in [0.15, 0.2) is 18.9 Å². The number of rotatable bonds is 3. The Morgan fingerprint density at radius 3 is 2.96 bits per heavy atom. The second-order valence-corrected chi connectivity index (χ2v) is 5.36. The molecule has 0 aliphatic carbocycles. The summed E-state index contributed by atoms with van der Waals surface area (Å²) in [6.07, 6.45) is 5.83. The number of aromatic nitrogens is 3. The first kappa shape index (κ1) is 17.8. The molecule has 0 radical (unpaired) electrons. The Labute approximate surface area is 139 Å². The quantitative estimate of drug-likeness (QED) is 0.826. The van der Waals surface area contributed by atoms with Crippen LogP contribution in [0.25, 0.3) is 5.52 Å². The van der Waals surface area contributed by atoms with Gasteiger partial charge in [0, 0.05) is 6.61 Å². The number of halogens is 1. The van der Waals surface area contributed by atoms with Gasteiger partial charge in [-0.15, -0.1) is 11.7 Å². The summed E-state index contributed by atoms with van der Waals surface area (Å²) in [5, 5.41) is 21.7. The number of fused-ring (bicyclic) bond motifs is 1. The van der Waals surface area contributed by atoms with Gasteiger partial charge in [-0.3, -0.25) is 0 Å². The summed E-state index contributed by atoms with van der Waals surface area (Å²) in [6.45, 7) is 4.96. The lowest BCUT2D eigenvalue weighted by Gasteiger charge is -2.15. The predicted molar refractivity (Wildman–Crippen MR) is 86.7 cm³/mol. The van der Waals surface area contributed by atoms with Crippen LogP contribution in [-0.2, 0) is 11.2 Å². The summed E-state index contributed by atoms with van der Waals surface area (Å²) in [7, 11) is 0. The lowest BCUT2D eigenvalue weighted by molar-refractivity contribution is -0.00535. The molecule has 3 N–H and O–H groups in total. The number of aliphatic hydroxyl groups is 1. The third-order valence-corrected chi connectivity index (χ3v) is 3.57. The summed E-state index contributed by atoms with van der Waals surface area (Å²) >= 11 is 0. The summed E-state index contributed by atoms with van der Waals surface area (Å²) in [6, 6.07) is 1.84. The van der Waals surface area contributed by atoms with Gasteiger partial charge in [-0.1, -0.05) is 6.08 Å². The molecule has 0 saturated carbocycles. The lowest BCUT2D eigenvalue weighted by Crippen LogP contribution is -2.21. The number of hydrogen-bond donors (Lipinski definition) is 2. The van der Waals surface area contributed by atoms with Gasteiger partial charge < -0.3 is 15.6 Å². The minimum Gasteiger partial charge on any atom is -0.391 e. The highest BCUT2D eigenvalue weighted by Gasteiger charge is 2.19. The zero-order valence-corrected chi connectivity index (χ0v) is 13.3. The molecule has 8 heteroatoms. The van der Waals surface area contributed by atoms with Crippen LogP contribution in [0.1, 0.15) is 30.5 Å². The van der Waals surface area contributed by atoms with Gasteiger partial charge in [-0.25, -0.2) is 13.9 Å². The third-order valence-electron chi connectivity index (χ3n) is 3.57. The number of aliphatic hydroxyl groups excluding tert-OH is 1. The van der Waals surface area contributed by atoms with E-state index in [9.17, 15) is 4.39 Å². The summed E-state index contributed by atoms with van der Waals surface area (Å²) in [5.41, 5.74) is 6.10. The minimum absolute atomic E-state index is 0.00764. The first-order valence-electron chi connectivity index (χ1n) is 7.66. The highest BCUT2D eigenvalue weighted by atomic mass is 19.1. The van der Waals surface area contributed by atoms with Crippen LogP contribution in [0, 0.1) is 17.1 Å². The minimum atomic E-state index is -0.605. The Bertz CT molecular complexity index is 747. The maximum Gasteiger partial charge on any atom is 0.238 e. The molecule has 1 unspecified atom stereocenters. The van der Waals surface area contributed by atoms with Gasteiger partial charge in [0.1, 0.15) is 17.1 Å². The van der Waals surface area contributed by atoms with Crippen molar-refractivity contribution in [3.63, 3.8) is 0 Å². The first-order valence-corrected chi connectivity index (χ1v) is 7.66. The largest absolute Gasteiger partial charge is 0.391 e. The number of nitrogens with two attached hydrogens (primary N) is 1. The Kier molecular flexibility index (Phi) is 6.23. The Morgan fingerprint density at radius 1 is 1.62 bits per heavy atom. The number of nitriles is 1. The molecular weight excluding hydrogens is 313 g/mol. The Hall–Kier alpha value is -2.50. The molecule has 1 saturated heterocycles. The summed E-state index contributed by atoms with van der Waals surface area (Å²) in [5.74, 6) is -0.566. The molecule has 7 nitrogen and oxygen atoms in total. The molecule has 0 spiro atoms. The fourth-order valence-corrected chi connectivity index (χ4v) is 2.39. The molecule has 3 heterocycles. The van der Waals surface area contributed by atoms with Crippen LogP contribution >= 0.6 is 0 Å². The van der Waals surface area contributed by atoms with Gasteiger partial charge in [0.05, 0.1) is 24.6 Å². The first-order chi connectivity index (χ1) is 11.6. The van der Waals surface area contributed by atoms with E-state index in [4.69, 9.17) is 20.8 Å². The molecule has 2 aromatic heterocycles. The second kappa shape index (κ2) is 8.38. The van der Waals surface area contributed by atoms with Crippen molar-refractivity contribution in [2.45, 2.75) is 31.8 Å². The van der Waals surface area contributed by atoms with E-state index in [2.05, 4.69) is 16.7 Å². The maximum atomic E-state index is 13.9. The van der Waals surface area contributed by atoms with E-state index >= 15 is 0 Å². The van der Waals surface area contributed by atoms with Crippen LogP contribution in [0.3, 0.4) is 0 Å². The topological polar surface area (TPSA) is 109 Å². The van der Waals surface area contributed by atoms with Gasteiger partial charge in [0.2, 0.25) is 5.95 Å². The van der Waals surface area contributed by atoms with Gasteiger partial charge in [-0.2, -0.15) is 5.26 Å². The van der Waals surface area contributed by atoms with Crippen LogP contribution in [0.2, 0.25) is 0 Å². The maximum absolute atomic E-state index is 13.9. The van der Waals surface area contributed by atoms with Crippen molar-refractivity contribution in [1.29, 1.82) is 5.26 Å². The van der Waals surface area contributed by atoms with E-state index in [-0.39, 0.29) is 23.1 Å². The van der Waals surface area contributed by atoms with Crippen molar-refractivity contribution in [1.82, 2.24) is 14.6 Å². The predicted octanol–water partition coefficient (Wildman–Crippen LogP) is 1.60. The third kappa shape index (κ3) is 4.07. The van der Waals surface area contributed by atoms with Crippen LogP contribution < -0.4 is 5.73 Å². The monoisotopic (exact) mass is 333 g/mol. The molecule has 24 heavy (non-hydrogen) atoms. The number of allylic oxidation sites excluding steroid dienone is 1. The normalized spacial score (nSPS) is 17.0. The molecule has 0 bridgehead atoms. The molecule has 0 amide bonds. The van der Waals surface area contributed by atoms with Crippen molar-refractivity contribution in [2.24, 2.45) is 0 Å². The van der Waals surface area contributed by atoms with E-state index in [0.717, 1.165) is 19.4 Å². The molecule has 0 aromatic carbocycles. The van der Waals surface area contributed by atoms with Gasteiger partial charge in [-0.05, 0) is 25.7 Å². The molecule has 2 aromatic rings. The van der Waals surface area contributed by atoms with E-state index in [0.29, 0.717) is 25.1 Å². The summed E-state index contributed by atoms with van der Waals surface area (Å²) in [4.78, 5) is 3.71. The Balaban J connectivity index is 0.000000249. The van der Waals surface area contributed by atoms with E-state index in [1.165, 1.54) is 10.7 Å². The molecule has 1 fully saturated rings. The van der Waals surface area contributed by atoms with Crippen molar-refractivity contribution in [2.75, 3.05) is 18.9 Å². The number of ether oxygens (including phenoxy) is 1. The van der Waals surface area contributed by atoms with E-state index in [1.54, 1.807) is 6.08 Å². The smallest absolute Gasteiger partial charge is 0.238 e. The lowest BCUT2D eigenvalue weighted by atomic mass is 10.1. The van der Waals surface area contributed by atoms with Gasteiger partial charge >= 0.3 is 0 Å². The number of anilines is 1. The molecule has 128 valence electrons. The zero-order chi connectivity index (χ0) is 17.5. The zero-order valence-electron chi connectivity index (χ0n) is 13.3. The van der Waals surface area contributed by atoms with E-state index in [1.807, 2.05) is 6.07 Å². The van der Waals surface area contributed by atoms with Crippen molar-refractivity contribution < 1.29 is 14.2 Å². The van der Waals surface area contributed by atoms with Crippen LogP contribution in [0.4, 0.5) is 10.3 Å². The standard InChI is InChI=1S/C11H10FN5.C5H10O2/c1-2-3-4-8-7(5-13)10(12)9-6-15-11(14)16-17(8)9;6-5-2-1-3-7-4-5/h2,6H,1,3-4H2,(H2,14,16);5-6H,1-4H2. The van der Waals surface area contributed by atoms with Crippen molar-refractivity contribution in [3.05, 3.63) is 35.9 Å². The summed E-state index contributed by atoms with van der Waals surface area (Å²) < 4.78 is 20.1. The van der Waals surface area contributed by atoms with Gasteiger partial charge in [0.15, 0.2) is 5.82 Å². The van der Waals surface area contributed by atoms with Crippen molar-refractivity contribution in [3.8, 4) is 6.07 Å². The van der Waals surface area contributed by atoms with Crippen LogP contribution in [-0.4, -0.2) is 39.0 Å². The number of nitrogen functional groups attached to an aromatic ring is 1. The van der Waals surface area contributed by atoms with E-state index < -0.39 is 5.82 Å². The molecular formula is C16H20FN5O2. The fourth-order valence-electron chi connectivity index (χ4n) is 2.39. The average Bonchev–Trinajstić information content (AvgIpc) is 2.85. The molecule has 1 aliphatic rings. The van der Waals surface area contributed by atoms with Crippen molar-refractivity contribution >= 4 is 11.5 Å². The average molecular weight is 333 g/mol. The molecule has 3 rings (SSSR count). The SMILES string of the molecule is C=CCCc1c(C#N)c(F)c2cnc(N)nn12.OC1CCCOC1. The number of hydrogen-bond acceptors (Lipinski definition) is 6. The molecule has 1 aliphatic heterocycles. The number of aryl methyl sites for hydroxylation is 1. The number of nitrogens with zero attached hydrogens (tertiary/aromatic N) is 4.